The van der Waals surface area contributed by atoms with Crippen LogP contribution in [0.15, 0.2) is 46.0 Å². The van der Waals surface area contributed by atoms with Crippen LogP contribution in [-0.4, -0.2) is 0 Å². The monoisotopic (exact) mass is 506 g/mol. The van der Waals surface area contributed by atoms with Gasteiger partial charge in [-0.3, -0.25) is 9.59 Å². The fraction of sp³-hybridized carbons (Fsp3) is 0. The predicted molar refractivity (Wildman–Crippen MR) is 126 cm³/mol. The molecule has 5 aromatic carbocycles. The SMILES string of the molecule is N#Cc1cc(F)c(-c2c(C#N)c3cc4c(=O)c(-c5cc(F)c(C#N)cc5F)c(C#N)c4cc3c2=O)cc1F. The minimum absolute atomic E-state index is 0.103. The van der Waals surface area contributed by atoms with Gasteiger partial charge in [-0.05, 0) is 36.4 Å². The zero-order chi connectivity index (χ0) is 27.5. The number of hydrogen-bond acceptors (Lipinski definition) is 6. The second kappa shape index (κ2) is 8.38. The third-order valence-electron chi connectivity index (χ3n) is 6.26. The van der Waals surface area contributed by atoms with Crippen molar-refractivity contribution >= 4 is 21.5 Å². The molecule has 0 bridgehead atoms. The zero-order valence-corrected chi connectivity index (χ0v) is 18.6. The van der Waals surface area contributed by atoms with Crippen molar-refractivity contribution in [3.05, 3.63) is 102 Å². The van der Waals surface area contributed by atoms with Gasteiger partial charge in [0.15, 0.2) is 10.9 Å². The van der Waals surface area contributed by atoms with Crippen LogP contribution in [0.25, 0.3) is 43.8 Å². The van der Waals surface area contributed by atoms with Gasteiger partial charge in [0.2, 0.25) is 0 Å². The number of fused-ring (bicyclic) bond motifs is 2. The first-order valence-corrected chi connectivity index (χ1v) is 10.5. The molecule has 38 heavy (non-hydrogen) atoms. The maximum absolute atomic E-state index is 14.7. The average Bonchev–Trinajstić information content (AvgIpc) is 3.34. The molecule has 0 aromatic heterocycles. The summed E-state index contributed by atoms with van der Waals surface area (Å²) >= 11 is 0. The van der Waals surface area contributed by atoms with Gasteiger partial charge in [0.25, 0.3) is 0 Å². The molecular weight excluding hydrogens is 500 g/mol. The van der Waals surface area contributed by atoms with E-state index >= 15 is 0 Å². The smallest absolute Gasteiger partial charge is 0.195 e. The van der Waals surface area contributed by atoms with Gasteiger partial charge >= 0.3 is 0 Å². The number of nitriles is 4. The molecule has 5 rings (SSSR count). The lowest BCUT2D eigenvalue weighted by atomic mass is 10.0. The van der Waals surface area contributed by atoms with Gasteiger partial charge in [-0.25, -0.2) is 17.6 Å². The second-order valence-corrected chi connectivity index (χ2v) is 8.17. The van der Waals surface area contributed by atoms with Crippen LogP contribution >= 0.6 is 0 Å². The van der Waals surface area contributed by atoms with Crippen molar-refractivity contribution in [1.82, 2.24) is 0 Å². The lowest BCUT2D eigenvalue weighted by Gasteiger charge is -2.03. The second-order valence-electron chi connectivity index (χ2n) is 8.17. The van der Waals surface area contributed by atoms with Crippen molar-refractivity contribution in [1.29, 1.82) is 21.0 Å². The molecule has 0 heterocycles. The Morgan fingerprint density at radius 1 is 0.474 bits per heavy atom. The molecule has 6 nitrogen and oxygen atoms in total. The van der Waals surface area contributed by atoms with Gasteiger partial charge < -0.3 is 0 Å². The van der Waals surface area contributed by atoms with E-state index < -0.39 is 67.5 Å². The topological polar surface area (TPSA) is 129 Å². The van der Waals surface area contributed by atoms with Crippen LogP contribution in [-0.2, 0) is 0 Å². The van der Waals surface area contributed by atoms with E-state index in [1.165, 1.54) is 12.1 Å². The molecule has 5 aromatic rings. The minimum Gasteiger partial charge on any atom is -0.289 e. The van der Waals surface area contributed by atoms with Crippen molar-refractivity contribution in [2.24, 2.45) is 0 Å². The van der Waals surface area contributed by atoms with Crippen LogP contribution in [0.5, 0.6) is 0 Å². The minimum atomic E-state index is -1.13. The first-order valence-electron chi connectivity index (χ1n) is 10.5. The summed E-state index contributed by atoms with van der Waals surface area (Å²) in [4.78, 5) is 26.6. The Hall–Kier alpha value is -5.84. The fourth-order valence-electron chi connectivity index (χ4n) is 4.55. The molecule has 0 aliphatic rings. The maximum Gasteiger partial charge on any atom is 0.195 e. The molecule has 178 valence electrons. The normalized spacial score (nSPS) is 10.7. The van der Waals surface area contributed by atoms with Gasteiger partial charge in [-0.15, -0.1) is 0 Å². The number of benzene rings is 3. The number of nitrogens with zero attached hydrogens (tertiary/aromatic N) is 4. The van der Waals surface area contributed by atoms with Crippen LogP contribution in [0, 0.1) is 68.6 Å². The van der Waals surface area contributed by atoms with Crippen molar-refractivity contribution in [3.8, 4) is 46.5 Å². The quantitative estimate of drug-likeness (QED) is 0.311. The van der Waals surface area contributed by atoms with Gasteiger partial charge in [0.1, 0.15) is 47.5 Å². The highest BCUT2D eigenvalue weighted by molar-refractivity contribution is 6.10. The van der Waals surface area contributed by atoms with Gasteiger partial charge in [-0.2, -0.15) is 21.0 Å². The molecule has 0 N–H and O–H groups in total. The molecule has 10 heteroatoms. The highest BCUT2D eigenvalue weighted by Gasteiger charge is 2.27. The molecular formula is C28H6F4N4O2. The molecule has 0 atom stereocenters. The van der Waals surface area contributed by atoms with Crippen LogP contribution in [0.4, 0.5) is 17.6 Å². The Kier molecular flexibility index (Phi) is 5.27. The lowest BCUT2D eigenvalue weighted by Crippen LogP contribution is -2.02. The van der Waals surface area contributed by atoms with E-state index in [9.17, 15) is 37.7 Å². The molecule has 0 fully saturated rings. The molecule has 0 unspecified atom stereocenters. The largest absolute Gasteiger partial charge is 0.289 e. The summed E-state index contributed by atoms with van der Waals surface area (Å²) in [5.74, 6) is -4.50. The van der Waals surface area contributed by atoms with Gasteiger partial charge in [-0.1, -0.05) is 0 Å². The van der Waals surface area contributed by atoms with E-state index in [0.717, 1.165) is 12.1 Å². The summed E-state index contributed by atoms with van der Waals surface area (Å²) in [7, 11) is 0. The van der Waals surface area contributed by atoms with Crippen LogP contribution in [0.3, 0.4) is 0 Å². The summed E-state index contributed by atoms with van der Waals surface area (Å²) in [5, 5.41) is 36.8. The van der Waals surface area contributed by atoms with Gasteiger partial charge in [0, 0.05) is 32.7 Å². The number of halogens is 4. The Morgan fingerprint density at radius 2 is 0.842 bits per heavy atom. The summed E-state index contributed by atoms with van der Waals surface area (Å²) in [6.45, 7) is 0. The van der Waals surface area contributed by atoms with E-state index in [1.54, 1.807) is 12.1 Å². The van der Waals surface area contributed by atoms with E-state index in [4.69, 9.17) is 10.5 Å². The highest BCUT2D eigenvalue weighted by Crippen LogP contribution is 2.37. The average molecular weight is 506 g/mol. The Morgan fingerprint density at radius 3 is 1.16 bits per heavy atom. The van der Waals surface area contributed by atoms with Crippen LogP contribution in [0.1, 0.15) is 22.3 Å². The number of rotatable bonds is 2. The summed E-state index contributed by atoms with van der Waals surface area (Å²) in [6.07, 6.45) is 0. The Balaban J connectivity index is 1.88. The standard InChI is InChI=1S/C28H6F4N4O2/c29-21-5-17(23(31)1-11(21)7-33)25-19(9-35)13-3-16-14(4-15(13)27(25)37)20(10-36)26(28(16)38)18-6-22(30)12(8-34)2-24(18)32/h1-6H. The Labute approximate surface area is 209 Å². The summed E-state index contributed by atoms with van der Waals surface area (Å²) < 4.78 is 58.0. The van der Waals surface area contributed by atoms with Crippen molar-refractivity contribution in [2.45, 2.75) is 0 Å². The third-order valence-corrected chi connectivity index (χ3v) is 6.26. The first kappa shape index (κ1) is 23.9. The molecule has 0 saturated carbocycles. The molecule has 0 aliphatic carbocycles. The molecule has 0 aliphatic heterocycles. The highest BCUT2D eigenvalue weighted by atomic mass is 19.1. The van der Waals surface area contributed by atoms with Crippen molar-refractivity contribution < 1.29 is 17.6 Å². The van der Waals surface area contributed by atoms with E-state index in [0.29, 0.717) is 24.3 Å². The van der Waals surface area contributed by atoms with Gasteiger partial charge in [0.05, 0.1) is 33.4 Å². The maximum atomic E-state index is 14.7. The van der Waals surface area contributed by atoms with E-state index in [-0.39, 0.29) is 32.7 Å². The van der Waals surface area contributed by atoms with E-state index in [1.807, 2.05) is 0 Å². The molecule has 0 saturated heterocycles. The summed E-state index contributed by atoms with van der Waals surface area (Å²) in [6, 6.07) is 11.0. The van der Waals surface area contributed by atoms with Crippen molar-refractivity contribution in [3.63, 3.8) is 0 Å². The fourth-order valence-corrected chi connectivity index (χ4v) is 4.55. The number of hydrogen-bond donors (Lipinski definition) is 0. The first-order chi connectivity index (χ1) is 18.2. The molecule has 0 radical (unpaired) electrons. The Bertz CT molecular complexity index is 2010. The third kappa shape index (κ3) is 3.15. The van der Waals surface area contributed by atoms with E-state index in [2.05, 4.69) is 0 Å². The predicted octanol–water partition coefficient (Wildman–Crippen LogP) is 4.97. The molecule has 0 spiro atoms. The summed E-state index contributed by atoms with van der Waals surface area (Å²) in [5.41, 5.74) is -5.94. The lowest BCUT2D eigenvalue weighted by molar-refractivity contribution is 0.600. The van der Waals surface area contributed by atoms with Crippen LogP contribution < -0.4 is 10.9 Å². The zero-order valence-electron chi connectivity index (χ0n) is 18.6. The molecule has 0 amide bonds. The van der Waals surface area contributed by atoms with Crippen LogP contribution in [0.2, 0.25) is 0 Å². The van der Waals surface area contributed by atoms with Crippen molar-refractivity contribution in [2.75, 3.05) is 0 Å².